The first-order chi connectivity index (χ1) is 4.70. The highest BCUT2D eigenvalue weighted by molar-refractivity contribution is 5.37. The molecule has 0 saturated heterocycles. The standard InChI is InChI=1S/C6H11N3O/c1-4(2)7-6-5(3)8-10-9-6/h4H,1-3H3,(H,7,9). The molecule has 10 heavy (non-hydrogen) atoms. The van der Waals surface area contributed by atoms with Crippen molar-refractivity contribution in [1.29, 1.82) is 0 Å². The second kappa shape index (κ2) is 2.68. The Kier molecular flexibility index (Phi) is 1.89. The maximum Gasteiger partial charge on any atom is 0.193 e. The number of nitrogens with one attached hydrogen (secondary N) is 1. The molecule has 0 unspecified atom stereocenters. The summed E-state index contributed by atoms with van der Waals surface area (Å²) in [6, 6.07) is 0.366. The van der Waals surface area contributed by atoms with E-state index in [0.717, 1.165) is 11.5 Å². The van der Waals surface area contributed by atoms with E-state index in [1.165, 1.54) is 0 Å². The molecule has 1 heterocycles. The summed E-state index contributed by atoms with van der Waals surface area (Å²) in [5.74, 6) is 0.731. The summed E-state index contributed by atoms with van der Waals surface area (Å²) >= 11 is 0. The van der Waals surface area contributed by atoms with Gasteiger partial charge >= 0.3 is 0 Å². The minimum absolute atomic E-state index is 0.366. The van der Waals surface area contributed by atoms with Gasteiger partial charge in [-0.25, -0.2) is 4.63 Å². The van der Waals surface area contributed by atoms with Gasteiger partial charge in [0, 0.05) is 6.04 Å². The largest absolute Gasteiger partial charge is 0.363 e. The van der Waals surface area contributed by atoms with E-state index >= 15 is 0 Å². The Morgan fingerprint density at radius 3 is 2.50 bits per heavy atom. The van der Waals surface area contributed by atoms with Crippen LogP contribution in [-0.2, 0) is 0 Å². The predicted octanol–water partition coefficient (Wildman–Crippen LogP) is 1.20. The molecule has 0 aromatic carbocycles. The normalized spacial score (nSPS) is 10.4. The summed E-state index contributed by atoms with van der Waals surface area (Å²) in [5, 5.41) is 10.4. The van der Waals surface area contributed by atoms with Crippen molar-refractivity contribution in [3.05, 3.63) is 5.69 Å². The molecule has 1 aromatic rings. The summed E-state index contributed by atoms with van der Waals surface area (Å²) in [5.41, 5.74) is 0.800. The van der Waals surface area contributed by atoms with Crippen LogP contribution in [0.2, 0.25) is 0 Å². The highest BCUT2D eigenvalue weighted by atomic mass is 16.6. The molecule has 0 spiro atoms. The fraction of sp³-hybridized carbons (Fsp3) is 0.667. The lowest BCUT2D eigenvalue weighted by atomic mass is 10.4. The number of nitrogens with zero attached hydrogens (tertiary/aromatic N) is 2. The van der Waals surface area contributed by atoms with Crippen molar-refractivity contribution in [1.82, 2.24) is 10.3 Å². The van der Waals surface area contributed by atoms with Crippen LogP contribution in [0.25, 0.3) is 0 Å². The summed E-state index contributed by atoms with van der Waals surface area (Å²) < 4.78 is 4.48. The van der Waals surface area contributed by atoms with Gasteiger partial charge in [-0.05, 0) is 25.9 Å². The fourth-order valence-electron chi connectivity index (χ4n) is 0.636. The Morgan fingerprint density at radius 1 is 1.40 bits per heavy atom. The zero-order chi connectivity index (χ0) is 7.56. The lowest BCUT2D eigenvalue weighted by molar-refractivity contribution is 0.306. The number of anilines is 1. The van der Waals surface area contributed by atoms with Crippen molar-refractivity contribution in [2.75, 3.05) is 5.32 Å². The molecule has 56 valence electrons. The molecule has 1 N–H and O–H groups in total. The maximum atomic E-state index is 4.48. The average Bonchev–Trinajstić information content (AvgIpc) is 2.15. The Bertz CT molecular complexity index is 207. The van der Waals surface area contributed by atoms with Crippen LogP contribution in [0.4, 0.5) is 5.82 Å². The lowest BCUT2D eigenvalue weighted by Gasteiger charge is -2.04. The molecular formula is C6H11N3O. The monoisotopic (exact) mass is 141 g/mol. The molecule has 0 fully saturated rings. The lowest BCUT2D eigenvalue weighted by Crippen LogP contribution is -2.10. The van der Waals surface area contributed by atoms with E-state index in [0.29, 0.717) is 6.04 Å². The molecule has 0 aliphatic heterocycles. The third kappa shape index (κ3) is 1.46. The second-order valence-corrected chi connectivity index (χ2v) is 2.50. The van der Waals surface area contributed by atoms with Crippen molar-refractivity contribution in [3.8, 4) is 0 Å². The number of hydrogen-bond acceptors (Lipinski definition) is 4. The molecule has 4 nitrogen and oxygen atoms in total. The van der Waals surface area contributed by atoms with Gasteiger partial charge in [-0.3, -0.25) is 0 Å². The van der Waals surface area contributed by atoms with Gasteiger partial charge in [0.15, 0.2) is 5.82 Å². The van der Waals surface area contributed by atoms with E-state index < -0.39 is 0 Å². The van der Waals surface area contributed by atoms with Gasteiger partial charge < -0.3 is 5.32 Å². The quantitative estimate of drug-likeness (QED) is 0.672. The van der Waals surface area contributed by atoms with Crippen LogP contribution in [0.3, 0.4) is 0 Å². The first kappa shape index (κ1) is 7.05. The van der Waals surface area contributed by atoms with Crippen LogP contribution >= 0.6 is 0 Å². The van der Waals surface area contributed by atoms with E-state index in [4.69, 9.17) is 0 Å². The summed E-state index contributed by atoms with van der Waals surface area (Å²) in [4.78, 5) is 0. The van der Waals surface area contributed by atoms with Gasteiger partial charge in [0.1, 0.15) is 5.69 Å². The average molecular weight is 141 g/mol. The van der Waals surface area contributed by atoms with E-state index in [1.807, 2.05) is 20.8 Å². The van der Waals surface area contributed by atoms with Crippen molar-refractivity contribution in [2.45, 2.75) is 26.8 Å². The first-order valence-corrected chi connectivity index (χ1v) is 3.26. The van der Waals surface area contributed by atoms with Crippen molar-refractivity contribution in [2.24, 2.45) is 0 Å². The van der Waals surface area contributed by atoms with E-state index in [-0.39, 0.29) is 0 Å². The van der Waals surface area contributed by atoms with Gasteiger partial charge in [-0.1, -0.05) is 5.16 Å². The summed E-state index contributed by atoms with van der Waals surface area (Å²) in [6.07, 6.45) is 0. The van der Waals surface area contributed by atoms with Crippen LogP contribution in [-0.4, -0.2) is 16.4 Å². The Balaban J connectivity index is 2.65. The molecule has 0 saturated carbocycles. The topological polar surface area (TPSA) is 51.0 Å². The Hall–Kier alpha value is -1.06. The minimum atomic E-state index is 0.366. The van der Waals surface area contributed by atoms with Crippen LogP contribution < -0.4 is 5.32 Å². The number of rotatable bonds is 2. The molecule has 4 heteroatoms. The molecule has 0 atom stereocenters. The number of hydrogen-bond donors (Lipinski definition) is 1. The zero-order valence-corrected chi connectivity index (χ0v) is 6.38. The van der Waals surface area contributed by atoms with Crippen LogP contribution in [0.1, 0.15) is 19.5 Å². The third-order valence-corrected chi connectivity index (χ3v) is 1.08. The number of aryl methyl sites for hydroxylation is 1. The predicted molar refractivity (Wildman–Crippen MR) is 37.8 cm³/mol. The van der Waals surface area contributed by atoms with Crippen molar-refractivity contribution >= 4 is 5.82 Å². The molecule has 1 aromatic heterocycles. The van der Waals surface area contributed by atoms with Gasteiger partial charge in [0.25, 0.3) is 0 Å². The minimum Gasteiger partial charge on any atom is -0.363 e. The zero-order valence-electron chi connectivity index (χ0n) is 6.38. The fourth-order valence-corrected chi connectivity index (χ4v) is 0.636. The van der Waals surface area contributed by atoms with Crippen LogP contribution in [0.5, 0.6) is 0 Å². The van der Waals surface area contributed by atoms with E-state index in [9.17, 15) is 0 Å². The van der Waals surface area contributed by atoms with Gasteiger partial charge in [0.05, 0.1) is 0 Å². The van der Waals surface area contributed by atoms with Crippen molar-refractivity contribution < 1.29 is 4.63 Å². The second-order valence-electron chi connectivity index (χ2n) is 2.50. The van der Waals surface area contributed by atoms with E-state index in [1.54, 1.807) is 0 Å². The van der Waals surface area contributed by atoms with Crippen molar-refractivity contribution in [3.63, 3.8) is 0 Å². The van der Waals surface area contributed by atoms with Crippen LogP contribution in [0.15, 0.2) is 4.63 Å². The Morgan fingerprint density at radius 2 is 2.10 bits per heavy atom. The van der Waals surface area contributed by atoms with E-state index in [2.05, 4.69) is 20.3 Å². The molecule has 0 aliphatic rings. The smallest absolute Gasteiger partial charge is 0.193 e. The molecular weight excluding hydrogens is 130 g/mol. The Labute approximate surface area is 59.6 Å². The highest BCUT2D eigenvalue weighted by Gasteiger charge is 2.03. The maximum absolute atomic E-state index is 4.48. The van der Waals surface area contributed by atoms with Gasteiger partial charge in [-0.2, -0.15) is 0 Å². The highest BCUT2D eigenvalue weighted by Crippen LogP contribution is 2.07. The SMILES string of the molecule is Cc1nonc1NC(C)C. The molecule has 0 amide bonds. The molecule has 0 radical (unpaired) electrons. The molecule has 1 rings (SSSR count). The number of aromatic nitrogens is 2. The summed E-state index contributed by atoms with van der Waals surface area (Å²) in [6.45, 7) is 5.92. The third-order valence-electron chi connectivity index (χ3n) is 1.08. The molecule has 0 aliphatic carbocycles. The molecule has 0 bridgehead atoms. The first-order valence-electron chi connectivity index (χ1n) is 3.26. The summed E-state index contributed by atoms with van der Waals surface area (Å²) in [7, 11) is 0. The van der Waals surface area contributed by atoms with Gasteiger partial charge in [0.2, 0.25) is 0 Å². The van der Waals surface area contributed by atoms with Crippen LogP contribution in [0, 0.1) is 6.92 Å². The van der Waals surface area contributed by atoms with Gasteiger partial charge in [-0.15, -0.1) is 0 Å².